The van der Waals surface area contributed by atoms with Gasteiger partial charge in [0, 0.05) is 56.1 Å². The summed E-state index contributed by atoms with van der Waals surface area (Å²) in [6, 6.07) is 15.8. The Hall–Kier alpha value is -4.07. The Labute approximate surface area is 205 Å². The second-order valence-corrected chi connectivity index (χ2v) is 8.50. The fourth-order valence-electron chi connectivity index (χ4n) is 3.98. The summed E-state index contributed by atoms with van der Waals surface area (Å²) in [6.07, 6.45) is 3.37. The fourth-order valence-corrected chi connectivity index (χ4v) is 3.98. The number of hydrogen-bond acceptors (Lipinski definition) is 6. The molecule has 8 heteroatoms. The van der Waals surface area contributed by atoms with Gasteiger partial charge in [-0.1, -0.05) is 12.1 Å². The average Bonchev–Trinajstić information content (AvgIpc) is 3.29. The molecule has 0 aliphatic rings. The van der Waals surface area contributed by atoms with Crippen LogP contribution in [0.25, 0.3) is 11.0 Å². The van der Waals surface area contributed by atoms with E-state index in [1.165, 1.54) is 0 Å². The Balaban J connectivity index is 1.53. The molecule has 0 radical (unpaired) electrons. The van der Waals surface area contributed by atoms with Crippen LogP contribution >= 0.6 is 0 Å². The quantitative estimate of drug-likeness (QED) is 0.362. The molecule has 35 heavy (non-hydrogen) atoms. The first-order valence-corrected chi connectivity index (χ1v) is 11.5. The van der Waals surface area contributed by atoms with Crippen molar-refractivity contribution in [3.8, 4) is 11.5 Å². The van der Waals surface area contributed by atoms with Crippen molar-refractivity contribution in [2.45, 2.75) is 20.0 Å². The minimum atomic E-state index is -0.0526. The van der Waals surface area contributed by atoms with Crippen LogP contribution in [0.2, 0.25) is 0 Å². The Morgan fingerprint density at radius 3 is 2.43 bits per heavy atom. The average molecular weight is 474 g/mol. The van der Waals surface area contributed by atoms with Gasteiger partial charge in [0.05, 0.1) is 32.5 Å². The lowest BCUT2D eigenvalue weighted by Gasteiger charge is -2.21. The minimum absolute atomic E-state index is 0.0526. The highest BCUT2D eigenvalue weighted by Crippen LogP contribution is 2.26. The highest BCUT2D eigenvalue weighted by molar-refractivity contribution is 5.96. The number of anilines is 1. The van der Waals surface area contributed by atoms with E-state index in [9.17, 15) is 4.79 Å². The summed E-state index contributed by atoms with van der Waals surface area (Å²) >= 11 is 0. The highest BCUT2D eigenvalue weighted by atomic mass is 16.5. The molecule has 4 aromatic rings. The van der Waals surface area contributed by atoms with Gasteiger partial charge in [-0.3, -0.25) is 4.79 Å². The molecule has 0 aliphatic heterocycles. The number of pyridine rings is 1. The van der Waals surface area contributed by atoms with Crippen molar-refractivity contribution in [2.24, 2.45) is 0 Å². The second-order valence-electron chi connectivity index (χ2n) is 8.50. The number of benzene rings is 2. The number of aromatic nitrogens is 3. The van der Waals surface area contributed by atoms with Crippen molar-refractivity contribution >= 4 is 22.6 Å². The predicted octanol–water partition coefficient (Wildman–Crippen LogP) is 4.23. The molecule has 0 aliphatic carbocycles. The van der Waals surface area contributed by atoms with Gasteiger partial charge in [-0.25, -0.2) is 9.67 Å². The lowest BCUT2D eigenvalue weighted by atomic mass is 10.1. The first kappa shape index (κ1) is 24.1. The molecule has 2 heterocycles. The zero-order chi connectivity index (χ0) is 24.9. The summed E-state index contributed by atoms with van der Waals surface area (Å²) in [5.41, 5.74) is 4.42. The fraction of sp³-hybridized carbons (Fsp3) is 0.296. The van der Waals surface area contributed by atoms with E-state index in [-0.39, 0.29) is 5.91 Å². The molecule has 0 atom stereocenters. The Bertz CT molecular complexity index is 1310. The molecule has 0 spiro atoms. The molecule has 0 unspecified atom stereocenters. The molecule has 0 fully saturated rings. The van der Waals surface area contributed by atoms with E-state index in [1.54, 1.807) is 31.3 Å². The first-order valence-electron chi connectivity index (χ1n) is 11.5. The maximum atomic E-state index is 13.3. The van der Waals surface area contributed by atoms with Gasteiger partial charge < -0.3 is 19.3 Å². The second kappa shape index (κ2) is 10.5. The SMILES string of the molecule is CCN(Cc1ccc(N(C)C)cc1)C(=O)c1cnc2c(cnn2Cc2ccc(OC)cc2OC)c1. The van der Waals surface area contributed by atoms with Crippen LogP contribution in [0.5, 0.6) is 11.5 Å². The summed E-state index contributed by atoms with van der Waals surface area (Å²) in [7, 11) is 7.27. The summed E-state index contributed by atoms with van der Waals surface area (Å²) in [4.78, 5) is 21.7. The van der Waals surface area contributed by atoms with E-state index in [1.807, 2.05) is 50.2 Å². The molecule has 2 aromatic carbocycles. The molecule has 0 saturated heterocycles. The van der Waals surface area contributed by atoms with E-state index in [4.69, 9.17) is 9.47 Å². The smallest absolute Gasteiger partial charge is 0.255 e. The van der Waals surface area contributed by atoms with Gasteiger partial charge in [0.15, 0.2) is 5.65 Å². The van der Waals surface area contributed by atoms with Crippen LogP contribution in [0.1, 0.15) is 28.4 Å². The maximum Gasteiger partial charge on any atom is 0.255 e. The topological polar surface area (TPSA) is 72.7 Å². The van der Waals surface area contributed by atoms with Gasteiger partial charge in [-0.05, 0) is 42.8 Å². The Morgan fingerprint density at radius 1 is 1.00 bits per heavy atom. The van der Waals surface area contributed by atoms with Crippen molar-refractivity contribution in [3.63, 3.8) is 0 Å². The van der Waals surface area contributed by atoms with E-state index in [2.05, 4.69) is 39.2 Å². The van der Waals surface area contributed by atoms with E-state index in [0.717, 1.165) is 33.7 Å². The molecule has 0 bridgehead atoms. The third-order valence-electron chi connectivity index (χ3n) is 6.03. The highest BCUT2D eigenvalue weighted by Gasteiger charge is 2.17. The van der Waals surface area contributed by atoms with E-state index < -0.39 is 0 Å². The lowest BCUT2D eigenvalue weighted by Crippen LogP contribution is -2.30. The first-order chi connectivity index (χ1) is 16.9. The third kappa shape index (κ3) is 5.21. The largest absolute Gasteiger partial charge is 0.497 e. The standard InChI is InChI=1S/C27H31N5O3/c1-6-31(17-19-7-10-23(11-8-19)30(2)3)27(33)22-13-21-16-29-32(26(21)28-15-22)18-20-9-12-24(34-4)14-25(20)35-5/h7-16H,6,17-18H2,1-5H3. The van der Waals surface area contributed by atoms with Crippen molar-refractivity contribution in [1.82, 2.24) is 19.7 Å². The minimum Gasteiger partial charge on any atom is -0.497 e. The van der Waals surface area contributed by atoms with Crippen LogP contribution < -0.4 is 14.4 Å². The zero-order valence-corrected chi connectivity index (χ0v) is 20.9. The number of carbonyl (C=O) groups excluding carboxylic acids is 1. The van der Waals surface area contributed by atoms with Gasteiger partial charge in [0.25, 0.3) is 5.91 Å². The van der Waals surface area contributed by atoms with Gasteiger partial charge in [0.1, 0.15) is 11.5 Å². The lowest BCUT2D eigenvalue weighted by molar-refractivity contribution is 0.0752. The summed E-state index contributed by atoms with van der Waals surface area (Å²) in [5, 5.41) is 5.32. The molecule has 4 rings (SSSR count). The van der Waals surface area contributed by atoms with Crippen LogP contribution in [0, 0.1) is 0 Å². The number of fused-ring (bicyclic) bond motifs is 1. The van der Waals surface area contributed by atoms with Crippen molar-refractivity contribution in [1.29, 1.82) is 0 Å². The monoisotopic (exact) mass is 473 g/mol. The third-order valence-corrected chi connectivity index (χ3v) is 6.03. The summed E-state index contributed by atoms with van der Waals surface area (Å²) < 4.78 is 12.6. The predicted molar refractivity (Wildman–Crippen MR) is 137 cm³/mol. The van der Waals surface area contributed by atoms with E-state index in [0.29, 0.717) is 30.8 Å². The molecule has 8 nitrogen and oxygen atoms in total. The summed E-state index contributed by atoms with van der Waals surface area (Å²) in [5.74, 6) is 1.39. The van der Waals surface area contributed by atoms with Crippen LogP contribution in [0.15, 0.2) is 60.9 Å². The zero-order valence-electron chi connectivity index (χ0n) is 20.9. The number of nitrogens with zero attached hydrogens (tertiary/aromatic N) is 5. The number of carbonyl (C=O) groups is 1. The van der Waals surface area contributed by atoms with Crippen LogP contribution in [-0.2, 0) is 13.1 Å². The van der Waals surface area contributed by atoms with Crippen molar-refractivity contribution in [3.05, 3.63) is 77.6 Å². The Kier molecular flexibility index (Phi) is 7.19. The van der Waals surface area contributed by atoms with Gasteiger partial charge in [0.2, 0.25) is 0 Å². The molecular weight excluding hydrogens is 442 g/mol. The number of ether oxygens (including phenoxy) is 2. The molecule has 1 amide bonds. The van der Waals surface area contributed by atoms with Crippen molar-refractivity contribution in [2.75, 3.05) is 39.8 Å². The van der Waals surface area contributed by atoms with Crippen LogP contribution in [0.3, 0.4) is 0 Å². The molecule has 182 valence electrons. The molecular formula is C27H31N5O3. The maximum absolute atomic E-state index is 13.3. The normalized spacial score (nSPS) is 10.9. The molecule has 0 saturated carbocycles. The van der Waals surface area contributed by atoms with Gasteiger partial charge in [-0.15, -0.1) is 0 Å². The number of methoxy groups -OCH3 is 2. The Morgan fingerprint density at radius 2 is 1.77 bits per heavy atom. The van der Waals surface area contributed by atoms with Crippen LogP contribution in [-0.4, -0.2) is 60.4 Å². The van der Waals surface area contributed by atoms with Gasteiger partial charge >= 0.3 is 0 Å². The number of amides is 1. The molecule has 0 N–H and O–H groups in total. The molecule has 2 aromatic heterocycles. The van der Waals surface area contributed by atoms with Crippen LogP contribution in [0.4, 0.5) is 5.69 Å². The summed E-state index contributed by atoms with van der Waals surface area (Å²) in [6.45, 7) is 3.61. The number of hydrogen-bond donors (Lipinski definition) is 0. The number of rotatable bonds is 9. The van der Waals surface area contributed by atoms with E-state index >= 15 is 0 Å². The van der Waals surface area contributed by atoms with Gasteiger partial charge in [-0.2, -0.15) is 5.10 Å². The van der Waals surface area contributed by atoms with Crippen molar-refractivity contribution < 1.29 is 14.3 Å².